The van der Waals surface area contributed by atoms with E-state index >= 15 is 0 Å². The van der Waals surface area contributed by atoms with Crippen LogP contribution >= 0.6 is 23.2 Å². The highest BCUT2D eigenvalue weighted by molar-refractivity contribution is 7.92. The third-order valence-corrected chi connectivity index (χ3v) is 7.87. The molecule has 0 aliphatic heterocycles. The van der Waals surface area contributed by atoms with Crippen LogP contribution in [0.5, 0.6) is 0 Å². The third-order valence-electron chi connectivity index (χ3n) is 6.25. The second-order valence-electron chi connectivity index (χ2n) is 9.01. The van der Waals surface area contributed by atoms with Gasteiger partial charge in [-0.1, -0.05) is 54.2 Å². The van der Waals surface area contributed by atoms with Crippen molar-refractivity contribution < 1.29 is 18.0 Å². The number of sulfonamides is 1. The van der Waals surface area contributed by atoms with Crippen LogP contribution in [0.4, 0.5) is 5.69 Å². The Balaban J connectivity index is 1.90. The quantitative estimate of drug-likeness (QED) is 0.506. The maximum absolute atomic E-state index is 13.6. The molecule has 1 N–H and O–H groups in total. The lowest BCUT2D eigenvalue weighted by atomic mass is 10.1. The molecule has 1 aliphatic rings. The van der Waals surface area contributed by atoms with Crippen LogP contribution in [-0.4, -0.2) is 50.0 Å². The van der Waals surface area contributed by atoms with Gasteiger partial charge in [-0.2, -0.15) is 0 Å². The first-order chi connectivity index (χ1) is 16.5. The molecule has 0 unspecified atom stereocenters. The second-order valence-corrected chi connectivity index (χ2v) is 11.8. The molecule has 3 rings (SSSR count). The average Bonchev–Trinajstić information content (AvgIpc) is 3.30. The summed E-state index contributed by atoms with van der Waals surface area (Å²) < 4.78 is 26.4. The van der Waals surface area contributed by atoms with Gasteiger partial charge in [0.05, 0.1) is 11.9 Å². The molecule has 0 heterocycles. The van der Waals surface area contributed by atoms with Crippen LogP contribution in [0.15, 0.2) is 42.5 Å². The Bertz CT molecular complexity index is 1170. The zero-order valence-electron chi connectivity index (χ0n) is 20.1. The lowest BCUT2D eigenvalue weighted by molar-refractivity contribution is -0.139. The molecule has 0 spiro atoms. The molecule has 35 heavy (non-hydrogen) atoms. The van der Waals surface area contributed by atoms with E-state index in [0.29, 0.717) is 21.3 Å². The Morgan fingerprint density at radius 3 is 2.26 bits per heavy atom. The van der Waals surface area contributed by atoms with E-state index in [1.165, 1.54) is 11.0 Å². The van der Waals surface area contributed by atoms with E-state index in [9.17, 15) is 18.0 Å². The fourth-order valence-electron chi connectivity index (χ4n) is 4.21. The number of nitrogens with zero attached hydrogens (tertiary/aromatic N) is 2. The number of benzene rings is 2. The molecule has 1 aliphatic carbocycles. The fourth-order valence-corrected chi connectivity index (χ4v) is 5.40. The molecular formula is C25H31Cl2N3O4S. The van der Waals surface area contributed by atoms with Gasteiger partial charge in [0.15, 0.2) is 0 Å². The summed E-state index contributed by atoms with van der Waals surface area (Å²) in [6.45, 7) is 3.07. The highest BCUT2D eigenvalue weighted by atomic mass is 35.5. The zero-order chi connectivity index (χ0) is 25.8. The molecule has 7 nitrogen and oxygen atoms in total. The first-order valence-corrected chi connectivity index (χ1v) is 14.1. The zero-order valence-corrected chi connectivity index (χ0v) is 22.5. The monoisotopic (exact) mass is 539 g/mol. The van der Waals surface area contributed by atoms with Crippen molar-refractivity contribution in [1.29, 1.82) is 0 Å². The number of nitrogens with one attached hydrogen (secondary N) is 1. The van der Waals surface area contributed by atoms with E-state index in [1.807, 2.05) is 0 Å². The van der Waals surface area contributed by atoms with E-state index < -0.39 is 28.5 Å². The Morgan fingerprint density at radius 1 is 1.06 bits per heavy atom. The summed E-state index contributed by atoms with van der Waals surface area (Å²) in [4.78, 5) is 28.1. The predicted octanol–water partition coefficient (Wildman–Crippen LogP) is 4.54. The minimum absolute atomic E-state index is 0.0964. The Morgan fingerprint density at radius 2 is 1.66 bits per heavy atom. The van der Waals surface area contributed by atoms with Crippen LogP contribution in [0.2, 0.25) is 10.0 Å². The van der Waals surface area contributed by atoms with Crippen molar-refractivity contribution in [3.63, 3.8) is 0 Å². The molecule has 0 aromatic heterocycles. The van der Waals surface area contributed by atoms with E-state index in [2.05, 4.69) is 5.32 Å². The van der Waals surface area contributed by atoms with Gasteiger partial charge in [-0.3, -0.25) is 13.9 Å². The van der Waals surface area contributed by atoms with Gasteiger partial charge in [-0.05, 0) is 62.1 Å². The molecule has 2 aromatic rings. The van der Waals surface area contributed by atoms with Gasteiger partial charge in [-0.15, -0.1) is 0 Å². The van der Waals surface area contributed by atoms with Crippen LogP contribution in [0.1, 0.15) is 43.7 Å². The Kier molecular flexibility index (Phi) is 9.07. The molecule has 1 fully saturated rings. The number of amides is 2. The predicted molar refractivity (Wildman–Crippen MR) is 140 cm³/mol. The summed E-state index contributed by atoms with van der Waals surface area (Å²) in [5, 5.41) is 3.95. The number of rotatable bonds is 9. The Hall–Kier alpha value is -2.29. The lowest BCUT2D eigenvalue weighted by Crippen LogP contribution is -2.52. The van der Waals surface area contributed by atoms with Crippen LogP contribution in [0.25, 0.3) is 0 Å². The summed E-state index contributed by atoms with van der Waals surface area (Å²) >= 11 is 12.1. The maximum Gasteiger partial charge on any atom is 0.244 e. The molecule has 2 amide bonds. The highest BCUT2D eigenvalue weighted by Gasteiger charge is 2.31. The van der Waals surface area contributed by atoms with Crippen molar-refractivity contribution >= 4 is 50.7 Å². The summed E-state index contributed by atoms with van der Waals surface area (Å²) in [5.74, 6) is -0.761. The molecule has 2 aromatic carbocycles. The first kappa shape index (κ1) is 27.3. The molecule has 0 radical (unpaired) electrons. The van der Waals surface area contributed by atoms with E-state index in [-0.39, 0.29) is 18.5 Å². The summed E-state index contributed by atoms with van der Waals surface area (Å²) in [6.07, 6.45) is 5.00. The van der Waals surface area contributed by atoms with Gasteiger partial charge < -0.3 is 10.2 Å². The molecular weight excluding hydrogens is 509 g/mol. The first-order valence-electron chi connectivity index (χ1n) is 11.5. The minimum atomic E-state index is -3.82. The van der Waals surface area contributed by atoms with Crippen molar-refractivity contribution in [2.75, 3.05) is 17.1 Å². The fraction of sp³-hybridized carbons (Fsp3) is 0.440. The molecule has 1 atom stereocenters. The summed E-state index contributed by atoms with van der Waals surface area (Å²) in [6, 6.07) is 11.1. The van der Waals surface area contributed by atoms with Gasteiger partial charge in [0.25, 0.3) is 0 Å². The Labute approximate surface area is 217 Å². The summed E-state index contributed by atoms with van der Waals surface area (Å²) in [7, 11) is -3.82. The van der Waals surface area contributed by atoms with E-state index in [1.54, 1.807) is 50.2 Å². The van der Waals surface area contributed by atoms with Crippen molar-refractivity contribution in [2.24, 2.45) is 0 Å². The van der Waals surface area contributed by atoms with Crippen molar-refractivity contribution in [2.45, 2.75) is 58.2 Å². The van der Waals surface area contributed by atoms with Crippen LogP contribution in [-0.2, 0) is 26.2 Å². The van der Waals surface area contributed by atoms with Gasteiger partial charge in [-0.25, -0.2) is 8.42 Å². The molecule has 190 valence electrons. The lowest BCUT2D eigenvalue weighted by Gasteiger charge is -2.32. The molecule has 10 heteroatoms. The van der Waals surface area contributed by atoms with Crippen molar-refractivity contribution in [3.8, 4) is 0 Å². The maximum atomic E-state index is 13.6. The van der Waals surface area contributed by atoms with Crippen LogP contribution < -0.4 is 9.62 Å². The number of anilines is 1. The van der Waals surface area contributed by atoms with Gasteiger partial charge in [0, 0.05) is 22.6 Å². The molecule has 1 saturated carbocycles. The van der Waals surface area contributed by atoms with Crippen LogP contribution in [0, 0.1) is 6.92 Å². The third kappa shape index (κ3) is 7.35. The number of hydrogen-bond acceptors (Lipinski definition) is 4. The van der Waals surface area contributed by atoms with Gasteiger partial charge in [0.1, 0.15) is 12.6 Å². The SMILES string of the molecule is Cc1ccc(Cl)cc1N(CC(=O)N(Cc1ccc(Cl)cc1)[C@H](C)C(=O)NC1CCCC1)S(C)(=O)=O. The normalized spacial score (nSPS) is 15.0. The minimum Gasteiger partial charge on any atom is -0.352 e. The standard InChI is InChI=1S/C25H31Cl2N3O4S/c1-17-8-11-21(27)14-23(17)30(35(3,33)34)16-24(31)29(15-19-9-12-20(26)13-10-19)18(2)25(32)28-22-6-4-5-7-22/h8-14,18,22H,4-7,15-16H2,1-3H3,(H,28,32)/t18-/m1/s1. The smallest absolute Gasteiger partial charge is 0.244 e. The number of hydrogen-bond donors (Lipinski definition) is 1. The molecule has 0 saturated heterocycles. The van der Waals surface area contributed by atoms with Crippen molar-refractivity contribution in [1.82, 2.24) is 10.2 Å². The topological polar surface area (TPSA) is 86.8 Å². The van der Waals surface area contributed by atoms with Crippen LogP contribution in [0.3, 0.4) is 0 Å². The van der Waals surface area contributed by atoms with Gasteiger partial charge in [0.2, 0.25) is 21.8 Å². The average molecular weight is 541 g/mol. The van der Waals surface area contributed by atoms with Crippen molar-refractivity contribution in [3.05, 3.63) is 63.6 Å². The van der Waals surface area contributed by atoms with E-state index in [0.717, 1.165) is 41.8 Å². The number of carbonyl (C=O) groups is 2. The van der Waals surface area contributed by atoms with Gasteiger partial charge >= 0.3 is 0 Å². The second kappa shape index (κ2) is 11.6. The summed E-state index contributed by atoms with van der Waals surface area (Å²) in [5.41, 5.74) is 1.75. The highest BCUT2D eigenvalue weighted by Crippen LogP contribution is 2.27. The largest absolute Gasteiger partial charge is 0.352 e. The number of halogens is 2. The number of aryl methyl sites for hydroxylation is 1. The van der Waals surface area contributed by atoms with E-state index in [4.69, 9.17) is 23.2 Å². The molecule has 0 bridgehead atoms. The number of carbonyl (C=O) groups excluding carboxylic acids is 2.